The lowest BCUT2D eigenvalue weighted by Gasteiger charge is -2.35. The van der Waals surface area contributed by atoms with Crippen molar-refractivity contribution in [2.45, 2.75) is 25.8 Å². The van der Waals surface area contributed by atoms with Crippen LogP contribution in [0, 0.1) is 12.8 Å². The van der Waals surface area contributed by atoms with Gasteiger partial charge in [-0.15, -0.1) is 0 Å². The van der Waals surface area contributed by atoms with E-state index in [1.165, 1.54) is 0 Å². The summed E-state index contributed by atoms with van der Waals surface area (Å²) in [5.41, 5.74) is 1.07. The zero-order valence-corrected chi connectivity index (χ0v) is 14.4. The van der Waals surface area contributed by atoms with Crippen LogP contribution >= 0.6 is 0 Å². The van der Waals surface area contributed by atoms with Gasteiger partial charge in [-0.1, -0.05) is 6.07 Å². The van der Waals surface area contributed by atoms with E-state index in [4.69, 9.17) is 9.47 Å². The summed E-state index contributed by atoms with van der Waals surface area (Å²) in [6.07, 6.45) is 1.73. The third-order valence-electron chi connectivity index (χ3n) is 4.92. The van der Waals surface area contributed by atoms with Gasteiger partial charge in [0.15, 0.2) is 18.1 Å². The standard InChI is InChI=1S/C18H24N2O4/c1-12-6-7-15(16(9-12)23-3)24-11-17(21)20-8-4-5-13-14(20)10-19(2)18(13)22/h6-7,9,13-14H,4-5,8,10-11H2,1-3H3/t13-,14-/m1/s1. The Morgan fingerprint density at radius 3 is 2.88 bits per heavy atom. The van der Waals surface area contributed by atoms with E-state index in [1.54, 1.807) is 19.1 Å². The first kappa shape index (κ1) is 16.6. The molecule has 0 radical (unpaired) electrons. The zero-order chi connectivity index (χ0) is 17.3. The zero-order valence-electron chi connectivity index (χ0n) is 14.4. The summed E-state index contributed by atoms with van der Waals surface area (Å²) in [7, 11) is 3.38. The van der Waals surface area contributed by atoms with E-state index in [0.29, 0.717) is 24.6 Å². The SMILES string of the molecule is COc1cc(C)ccc1OCC(=O)N1CCC[C@H]2C(=O)N(C)C[C@H]21. The number of amides is 2. The number of carbonyl (C=O) groups is 2. The number of likely N-dealkylation sites (N-methyl/N-ethyl adjacent to an activating group) is 1. The van der Waals surface area contributed by atoms with E-state index in [1.807, 2.05) is 30.0 Å². The molecule has 0 N–H and O–H groups in total. The summed E-state index contributed by atoms with van der Waals surface area (Å²) in [5, 5.41) is 0. The fourth-order valence-corrected chi connectivity index (χ4v) is 3.65. The Morgan fingerprint density at radius 1 is 1.33 bits per heavy atom. The van der Waals surface area contributed by atoms with Crippen molar-refractivity contribution >= 4 is 11.8 Å². The van der Waals surface area contributed by atoms with Crippen LogP contribution in [-0.2, 0) is 9.59 Å². The van der Waals surface area contributed by atoms with Crippen LogP contribution in [-0.4, -0.2) is 61.5 Å². The first-order chi connectivity index (χ1) is 11.5. The number of benzene rings is 1. The Bertz CT molecular complexity index is 646. The molecular weight excluding hydrogens is 308 g/mol. The predicted molar refractivity (Wildman–Crippen MR) is 89.1 cm³/mol. The highest BCUT2D eigenvalue weighted by Crippen LogP contribution is 2.32. The maximum atomic E-state index is 12.6. The number of nitrogens with zero attached hydrogens (tertiary/aromatic N) is 2. The third-order valence-corrected chi connectivity index (χ3v) is 4.92. The lowest BCUT2D eigenvalue weighted by Crippen LogP contribution is -2.50. The summed E-state index contributed by atoms with van der Waals surface area (Å²) < 4.78 is 11.0. The van der Waals surface area contributed by atoms with Gasteiger partial charge in [-0.05, 0) is 37.5 Å². The first-order valence-corrected chi connectivity index (χ1v) is 8.33. The van der Waals surface area contributed by atoms with Crippen LogP contribution in [0.5, 0.6) is 11.5 Å². The number of rotatable bonds is 4. The molecule has 2 aliphatic rings. The van der Waals surface area contributed by atoms with Crippen molar-refractivity contribution in [2.75, 3.05) is 33.9 Å². The van der Waals surface area contributed by atoms with E-state index in [9.17, 15) is 9.59 Å². The molecule has 1 aromatic carbocycles. The van der Waals surface area contributed by atoms with Crippen molar-refractivity contribution in [1.29, 1.82) is 0 Å². The summed E-state index contributed by atoms with van der Waals surface area (Å²) in [6.45, 7) is 3.23. The number of hydrogen-bond acceptors (Lipinski definition) is 4. The molecule has 3 rings (SSSR count). The molecule has 2 saturated heterocycles. The van der Waals surface area contributed by atoms with Crippen molar-refractivity contribution in [3.05, 3.63) is 23.8 Å². The molecule has 0 unspecified atom stereocenters. The van der Waals surface area contributed by atoms with Gasteiger partial charge in [0, 0.05) is 20.1 Å². The molecule has 130 valence electrons. The van der Waals surface area contributed by atoms with Crippen molar-refractivity contribution in [1.82, 2.24) is 9.80 Å². The van der Waals surface area contributed by atoms with Crippen LogP contribution in [0.3, 0.4) is 0 Å². The molecule has 6 heteroatoms. The molecule has 0 bridgehead atoms. The molecule has 2 atom stereocenters. The Kier molecular flexibility index (Phi) is 4.64. The second kappa shape index (κ2) is 6.71. The van der Waals surface area contributed by atoms with Gasteiger partial charge >= 0.3 is 0 Å². The number of fused-ring (bicyclic) bond motifs is 1. The van der Waals surface area contributed by atoms with Gasteiger partial charge in [-0.25, -0.2) is 0 Å². The lowest BCUT2D eigenvalue weighted by molar-refractivity contribution is -0.139. The van der Waals surface area contributed by atoms with E-state index < -0.39 is 0 Å². The van der Waals surface area contributed by atoms with Gasteiger partial charge in [0.2, 0.25) is 5.91 Å². The second-order valence-corrected chi connectivity index (χ2v) is 6.56. The van der Waals surface area contributed by atoms with Gasteiger partial charge < -0.3 is 19.3 Å². The number of hydrogen-bond donors (Lipinski definition) is 0. The van der Waals surface area contributed by atoms with Crippen LogP contribution in [0.1, 0.15) is 18.4 Å². The Balaban J connectivity index is 1.66. The van der Waals surface area contributed by atoms with Gasteiger partial charge in [0.1, 0.15) is 0 Å². The highest BCUT2D eigenvalue weighted by atomic mass is 16.5. The fraction of sp³-hybridized carbons (Fsp3) is 0.556. The second-order valence-electron chi connectivity index (χ2n) is 6.56. The van der Waals surface area contributed by atoms with E-state index in [0.717, 1.165) is 18.4 Å². The van der Waals surface area contributed by atoms with Gasteiger partial charge in [0.25, 0.3) is 5.91 Å². The average Bonchev–Trinajstić information content (AvgIpc) is 2.88. The highest BCUT2D eigenvalue weighted by molar-refractivity contribution is 5.85. The summed E-state index contributed by atoms with van der Waals surface area (Å²) in [5.74, 6) is 1.20. The predicted octanol–water partition coefficient (Wildman–Crippen LogP) is 1.46. The van der Waals surface area contributed by atoms with Crippen LogP contribution in [0.25, 0.3) is 0 Å². The van der Waals surface area contributed by atoms with Crippen LogP contribution in [0.15, 0.2) is 18.2 Å². The van der Waals surface area contributed by atoms with Crippen LogP contribution in [0.4, 0.5) is 0 Å². The highest BCUT2D eigenvalue weighted by Gasteiger charge is 2.45. The molecule has 0 aliphatic carbocycles. The van der Waals surface area contributed by atoms with E-state index >= 15 is 0 Å². The van der Waals surface area contributed by atoms with Crippen LogP contribution in [0.2, 0.25) is 0 Å². The quantitative estimate of drug-likeness (QED) is 0.838. The number of carbonyl (C=O) groups excluding carboxylic acids is 2. The smallest absolute Gasteiger partial charge is 0.260 e. The van der Waals surface area contributed by atoms with Gasteiger partial charge in [-0.2, -0.15) is 0 Å². The number of ether oxygens (including phenoxy) is 2. The summed E-state index contributed by atoms with van der Waals surface area (Å²) in [4.78, 5) is 28.3. The topological polar surface area (TPSA) is 59.1 Å². The maximum absolute atomic E-state index is 12.6. The minimum absolute atomic E-state index is 0.0211. The number of piperidine rings is 1. The Hall–Kier alpha value is -2.24. The molecule has 2 aliphatic heterocycles. The minimum atomic E-state index is -0.0737. The lowest BCUT2D eigenvalue weighted by atomic mass is 9.91. The molecule has 6 nitrogen and oxygen atoms in total. The molecule has 2 fully saturated rings. The summed E-state index contributed by atoms with van der Waals surface area (Å²) in [6, 6.07) is 5.59. The average molecular weight is 332 g/mol. The Labute approximate surface area is 142 Å². The maximum Gasteiger partial charge on any atom is 0.260 e. The molecule has 0 spiro atoms. The molecule has 1 aromatic rings. The van der Waals surface area contributed by atoms with Crippen molar-refractivity contribution < 1.29 is 19.1 Å². The minimum Gasteiger partial charge on any atom is -0.493 e. The van der Waals surface area contributed by atoms with Crippen molar-refractivity contribution in [2.24, 2.45) is 5.92 Å². The third kappa shape index (κ3) is 3.05. The number of methoxy groups -OCH3 is 1. The Morgan fingerprint density at radius 2 is 2.12 bits per heavy atom. The van der Waals surface area contributed by atoms with Gasteiger partial charge in [0.05, 0.1) is 19.1 Å². The van der Waals surface area contributed by atoms with E-state index in [-0.39, 0.29) is 30.4 Å². The van der Waals surface area contributed by atoms with Gasteiger partial charge in [-0.3, -0.25) is 9.59 Å². The molecule has 2 heterocycles. The normalized spacial score (nSPS) is 23.2. The molecule has 0 saturated carbocycles. The monoisotopic (exact) mass is 332 g/mol. The summed E-state index contributed by atoms with van der Waals surface area (Å²) >= 11 is 0. The molecule has 24 heavy (non-hydrogen) atoms. The number of aryl methyl sites for hydroxylation is 1. The molecular formula is C18H24N2O4. The first-order valence-electron chi connectivity index (χ1n) is 8.33. The van der Waals surface area contributed by atoms with E-state index in [2.05, 4.69) is 0 Å². The largest absolute Gasteiger partial charge is 0.493 e. The van der Waals surface area contributed by atoms with Crippen molar-refractivity contribution in [3.63, 3.8) is 0 Å². The number of likely N-dealkylation sites (tertiary alicyclic amines) is 2. The van der Waals surface area contributed by atoms with Crippen molar-refractivity contribution in [3.8, 4) is 11.5 Å². The molecule has 0 aromatic heterocycles. The van der Waals surface area contributed by atoms with Crippen LogP contribution < -0.4 is 9.47 Å². The molecule has 2 amide bonds. The fourth-order valence-electron chi connectivity index (χ4n) is 3.65.